The van der Waals surface area contributed by atoms with Gasteiger partial charge in [0.1, 0.15) is 5.75 Å². The van der Waals surface area contributed by atoms with Crippen LogP contribution in [0.2, 0.25) is 0 Å². The van der Waals surface area contributed by atoms with Crippen molar-refractivity contribution in [2.45, 2.75) is 0 Å². The van der Waals surface area contributed by atoms with Crippen LogP contribution in [0.1, 0.15) is 4.88 Å². The van der Waals surface area contributed by atoms with Crippen molar-refractivity contribution >= 4 is 11.3 Å². The first-order chi connectivity index (χ1) is 7.33. The molecule has 0 radical (unpaired) electrons. The van der Waals surface area contributed by atoms with Gasteiger partial charge in [0.2, 0.25) is 0 Å². The molecular formula is C13H10OS. The molecule has 0 bridgehead atoms. The topological polar surface area (TPSA) is 9.23 Å². The Hall–Kier alpha value is -1.72. The van der Waals surface area contributed by atoms with E-state index in [1.807, 2.05) is 30.3 Å². The van der Waals surface area contributed by atoms with Gasteiger partial charge in [-0.2, -0.15) is 0 Å². The van der Waals surface area contributed by atoms with Crippen LogP contribution < -0.4 is 4.74 Å². The van der Waals surface area contributed by atoms with Crippen LogP contribution in [-0.2, 0) is 0 Å². The Bertz CT molecular complexity index is 488. The number of benzene rings is 1. The fraction of sp³-hybridized carbons (Fsp3) is 0.0769. The Balaban J connectivity index is 2.33. The Morgan fingerprint density at radius 3 is 2.47 bits per heavy atom. The molecule has 0 amide bonds. The molecule has 0 spiro atoms. The summed E-state index contributed by atoms with van der Waals surface area (Å²) in [6, 6.07) is 9.97. The molecule has 15 heavy (non-hydrogen) atoms. The van der Waals surface area contributed by atoms with E-state index in [-0.39, 0.29) is 0 Å². The molecule has 2 heteroatoms. The summed E-state index contributed by atoms with van der Waals surface area (Å²) in [6.07, 6.45) is 5.33. The van der Waals surface area contributed by atoms with Gasteiger partial charge in [-0.3, -0.25) is 0 Å². The smallest absolute Gasteiger partial charge is 0.118 e. The van der Waals surface area contributed by atoms with E-state index >= 15 is 0 Å². The van der Waals surface area contributed by atoms with Crippen molar-refractivity contribution in [2.24, 2.45) is 0 Å². The van der Waals surface area contributed by atoms with Crippen LogP contribution in [0.15, 0.2) is 35.7 Å². The Labute approximate surface area is 93.3 Å². The number of ether oxygens (including phenoxy) is 1. The molecule has 0 atom stereocenters. The molecule has 2 rings (SSSR count). The summed E-state index contributed by atoms with van der Waals surface area (Å²) in [5.74, 6) is 3.50. The lowest BCUT2D eigenvalue weighted by Gasteiger charge is -2.00. The molecule has 0 N–H and O–H groups in total. The van der Waals surface area contributed by atoms with Gasteiger partial charge < -0.3 is 4.74 Å². The van der Waals surface area contributed by atoms with Crippen molar-refractivity contribution in [2.75, 3.05) is 7.11 Å². The molecule has 0 unspecified atom stereocenters. The molecule has 0 fully saturated rings. The van der Waals surface area contributed by atoms with E-state index in [1.54, 1.807) is 18.4 Å². The monoisotopic (exact) mass is 214 g/mol. The molecule has 0 aliphatic heterocycles. The number of hydrogen-bond acceptors (Lipinski definition) is 2. The first-order valence-corrected chi connectivity index (χ1v) is 5.41. The van der Waals surface area contributed by atoms with Gasteiger partial charge in [-0.15, -0.1) is 17.8 Å². The van der Waals surface area contributed by atoms with E-state index in [0.717, 1.165) is 21.8 Å². The zero-order valence-corrected chi connectivity index (χ0v) is 9.17. The summed E-state index contributed by atoms with van der Waals surface area (Å²) in [5, 5.41) is 2.07. The van der Waals surface area contributed by atoms with E-state index in [2.05, 4.69) is 11.3 Å². The van der Waals surface area contributed by atoms with Crippen LogP contribution in [-0.4, -0.2) is 7.11 Å². The van der Waals surface area contributed by atoms with Crippen molar-refractivity contribution in [3.05, 3.63) is 40.6 Å². The second kappa shape index (κ2) is 4.20. The molecule has 0 saturated heterocycles. The molecule has 2 aromatic rings. The van der Waals surface area contributed by atoms with E-state index < -0.39 is 0 Å². The summed E-state index contributed by atoms with van der Waals surface area (Å²) < 4.78 is 5.10. The highest BCUT2D eigenvalue weighted by Gasteiger charge is 2.00. The second-order valence-corrected chi connectivity index (χ2v) is 3.98. The van der Waals surface area contributed by atoms with Crippen LogP contribution in [0.5, 0.6) is 5.75 Å². The third kappa shape index (κ3) is 2.03. The number of terminal acetylenes is 1. The highest BCUT2D eigenvalue weighted by atomic mass is 32.1. The van der Waals surface area contributed by atoms with Crippen molar-refractivity contribution < 1.29 is 4.74 Å². The molecule has 1 aromatic carbocycles. The maximum absolute atomic E-state index is 5.33. The minimum Gasteiger partial charge on any atom is -0.497 e. The lowest BCUT2D eigenvalue weighted by molar-refractivity contribution is 0.415. The maximum Gasteiger partial charge on any atom is 0.118 e. The number of thiophene rings is 1. The Morgan fingerprint density at radius 2 is 1.93 bits per heavy atom. The minimum atomic E-state index is 0.867. The maximum atomic E-state index is 5.33. The SMILES string of the molecule is C#Cc1cc(-c2ccc(OC)cc2)cs1. The van der Waals surface area contributed by atoms with Gasteiger partial charge in [-0.25, -0.2) is 0 Å². The van der Waals surface area contributed by atoms with Gasteiger partial charge >= 0.3 is 0 Å². The van der Waals surface area contributed by atoms with Gasteiger partial charge in [0, 0.05) is 0 Å². The fourth-order valence-electron chi connectivity index (χ4n) is 1.35. The largest absolute Gasteiger partial charge is 0.497 e. The van der Waals surface area contributed by atoms with Gasteiger partial charge in [-0.1, -0.05) is 18.1 Å². The zero-order chi connectivity index (χ0) is 10.7. The van der Waals surface area contributed by atoms with Crippen molar-refractivity contribution in [1.29, 1.82) is 0 Å². The standard InChI is InChI=1S/C13H10OS/c1-3-13-8-11(9-15-13)10-4-6-12(14-2)7-5-10/h1,4-9H,2H3. The van der Waals surface area contributed by atoms with Crippen LogP contribution in [0.4, 0.5) is 0 Å². The fourth-order valence-corrected chi connectivity index (χ4v) is 2.07. The van der Waals surface area contributed by atoms with Crippen LogP contribution in [0.3, 0.4) is 0 Å². The van der Waals surface area contributed by atoms with Crippen molar-refractivity contribution in [1.82, 2.24) is 0 Å². The second-order valence-electron chi connectivity index (χ2n) is 3.07. The average Bonchev–Trinajstić information content (AvgIpc) is 2.78. The molecule has 1 nitrogen and oxygen atoms in total. The van der Waals surface area contributed by atoms with Gasteiger partial charge in [0.05, 0.1) is 12.0 Å². The lowest BCUT2D eigenvalue weighted by atomic mass is 10.1. The first kappa shape index (κ1) is 9.82. The van der Waals surface area contributed by atoms with Gasteiger partial charge in [-0.05, 0) is 34.7 Å². The van der Waals surface area contributed by atoms with Crippen molar-refractivity contribution in [3.63, 3.8) is 0 Å². The van der Waals surface area contributed by atoms with Gasteiger partial charge in [0.25, 0.3) is 0 Å². The Kier molecular flexibility index (Phi) is 2.75. The van der Waals surface area contributed by atoms with E-state index in [1.165, 1.54) is 0 Å². The molecular weight excluding hydrogens is 204 g/mol. The summed E-state index contributed by atoms with van der Waals surface area (Å²) in [4.78, 5) is 0.959. The molecule has 0 aliphatic rings. The van der Waals surface area contributed by atoms with E-state index in [0.29, 0.717) is 0 Å². The molecule has 74 valence electrons. The van der Waals surface area contributed by atoms with Crippen molar-refractivity contribution in [3.8, 4) is 29.2 Å². The number of hydrogen-bond donors (Lipinski definition) is 0. The Morgan fingerprint density at radius 1 is 1.20 bits per heavy atom. The summed E-state index contributed by atoms with van der Waals surface area (Å²) in [6.45, 7) is 0. The summed E-state index contributed by atoms with van der Waals surface area (Å²) in [7, 11) is 1.66. The normalized spacial score (nSPS) is 9.60. The van der Waals surface area contributed by atoms with Crippen LogP contribution >= 0.6 is 11.3 Å². The summed E-state index contributed by atoms with van der Waals surface area (Å²) >= 11 is 1.59. The van der Waals surface area contributed by atoms with E-state index in [4.69, 9.17) is 11.2 Å². The highest BCUT2D eigenvalue weighted by molar-refractivity contribution is 7.11. The number of rotatable bonds is 2. The quantitative estimate of drug-likeness (QED) is 0.696. The third-order valence-corrected chi connectivity index (χ3v) is 3.03. The van der Waals surface area contributed by atoms with Crippen LogP contribution in [0, 0.1) is 12.3 Å². The highest BCUT2D eigenvalue weighted by Crippen LogP contribution is 2.26. The predicted octanol–water partition coefficient (Wildman–Crippen LogP) is 3.41. The number of methoxy groups -OCH3 is 1. The van der Waals surface area contributed by atoms with Gasteiger partial charge in [0.15, 0.2) is 0 Å². The van der Waals surface area contributed by atoms with E-state index in [9.17, 15) is 0 Å². The first-order valence-electron chi connectivity index (χ1n) is 4.53. The lowest BCUT2D eigenvalue weighted by Crippen LogP contribution is -1.81. The molecule has 1 heterocycles. The average molecular weight is 214 g/mol. The molecule has 0 aliphatic carbocycles. The zero-order valence-electron chi connectivity index (χ0n) is 8.36. The minimum absolute atomic E-state index is 0.867. The molecule has 1 aromatic heterocycles. The predicted molar refractivity (Wildman–Crippen MR) is 64.2 cm³/mol. The summed E-state index contributed by atoms with van der Waals surface area (Å²) in [5.41, 5.74) is 2.32. The third-order valence-electron chi connectivity index (χ3n) is 2.17. The van der Waals surface area contributed by atoms with Crippen LogP contribution in [0.25, 0.3) is 11.1 Å². The molecule has 0 saturated carbocycles.